The third kappa shape index (κ3) is 2.66. The molecule has 1 aliphatic rings. The van der Waals surface area contributed by atoms with Crippen molar-refractivity contribution < 1.29 is 4.79 Å². The van der Waals surface area contributed by atoms with Gasteiger partial charge in [0.05, 0.1) is 5.54 Å². The third-order valence-corrected chi connectivity index (χ3v) is 3.43. The fourth-order valence-corrected chi connectivity index (χ4v) is 2.52. The number of aryl methyl sites for hydroxylation is 1. The second kappa shape index (κ2) is 4.49. The van der Waals surface area contributed by atoms with Gasteiger partial charge < -0.3 is 11.1 Å². The molecule has 1 amide bonds. The Balaban J connectivity index is 2.03. The first kappa shape index (κ1) is 12.1. The SMILES string of the molecule is Cc1cc(NC(=O)C2(N)CCCC(C)C2)n[nH]1. The summed E-state index contributed by atoms with van der Waals surface area (Å²) in [5.41, 5.74) is 6.39. The Morgan fingerprint density at radius 1 is 1.71 bits per heavy atom. The van der Waals surface area contributed by atoms with E-state index in [-0.39, 0.29) is 5.91 Å². The summed E-state index contributed by atoms with van der Waals surface area (Å²) in [4.78, 5) is 12.2. The number of H-pyrrole nitrogens is 1. The predicted molar refractivity (Wildman–Crippen MR) is 66.5 cm³/mol. The molecule has 5 nitrogen and oxygen atoms in total. The summed E-state index contributed by atoms with van der Waals surface area (Å²) in [6.45, 7) is 4.04. The van der Waals surface area contributed by atoms with Crippen LogP contribution in [0, 0.1) is 12.8 Å². The minimum absolute atomic E-state index is 0.115. The van der Waals surface area contributed by atoms with Gasteiger partial charge >= 0.3 is 0 Å². The Hall–Kier alpha value is -1.36. The topological polar surface area (TPSA) is 83.8 Å². The number of amides is 1. The van der Waals surface area contributed by atoms with Crippen LogP contribution in [0.25, 0.3) is 0 Å². The molecule has 0 bridgehead atoms. The summed E-state index contributed by atoms with van der Waals surface area (Å²) in [7, 11) is 0. The molecule has 94 valence electrons. The summed E-state index contributed by atoms with van der Waals surface area (Å²) in [6.07, 6.45) is 3.69. The molecular formula is C12H20N4O. The fraction of sp³-hybridized carbons (Fsp3) is 0.667. The van der Waals surface area contributed by atoms with E-state index in [9.17, 15) is 4.79 Å². The number of anilines is 1. The van der Waals surface area contributed by atoms with Gasteiger partial charge in [-0.1, -0.05) is 19.8 Å². The highest BCUT2D eigenvalue weighted by molar-refractivity contribution is 5.97. The van der Waals surface area contributed by atoms with Crippen LogP contribution in [0.2, 0.25) is 0 Å². The molecule has 0 aromatic carbocycles. The van der Waals surface area contributed by atoms with Crippen molar-refractivity contribution in [3.05, 3.63) is 11.8 Å². The standard InChI is InChI=1S/C12H20N4O/c1-8-4-3-5-12(13,7-8)11(17)14-10-6-9(2)15-16-10/h6,8H,3-5,7,13H2,1-2H3,(H2,14,15,16,17). The molecule has 5 heteroatoms. The summed E-state index contributed by atoms with van der Waals surface area (Å²) in [5, 5.41) is 9.57. The first-order valence-corrected chi connectivity index (χ1v) is 6.12. The van der Waals surface area contributed by atoms with E-state index in [1.807, 2.05) is 6.92 Å². The maximum atomic E-state index is 12.2. The lowest BCUT2D eigenvalue weighted by atomic mass is 9.76. The maximum Gasteiger partial charge on any atom is 0.245 e. The summed E-state index contributed by atoms with van der Waals surface area (Å²) in [6, 6.07) is 1.80. The second-order valence-electron chi connectivity index (χ2n) is 5.25. The number of nitrogens with two attached hydrogens (primary N) is 1. The van der Waals surface area contributed by atoms with Crippen molar-refractivity contribution in [1.82, 2.24) is 10.2 Å². The van der Waals surface area contributed by atoms with E-state index in [2.05, 4.69) is 22.4 Å². The lowest BCUT2D eigenvalue weighted by Crippen LogP contribution is -2.53. The minimum atomic E-state index is -0.732. The van der Waals surface area contributed by atoms with Crippen molar-refractivity contribution >= 4 is 11.7 Å². The van der Waals surface area contributed by atoms with Crippen molar-refractivity contribution in [1.29, 1.82) is 0 Å². The third-order valence-electron chi connectivity index (χ3n) is 3.43. The molecule has 17 heavy (non-hydrogen) atoms. The van der Waals surface area contributed by atoms with Gasteiger partial charge in [-0.2, -0.15) is 5.10 Å². The average Bonchev–Trinajstić information content (AvgIpc) is 2.63. The van der Waals surface area contributed by atoms with Crippen LogP contribution in [0.4, 0.5) is 5.82 Å². The van der Waals surface area contributed by atoms with Gasteiger partial charge in [-0.3, -0.25) is 9.89 Å². The number of nitrogens with zero attached hydrogens (tertiary/aromatic N) is 1. The van der Waals surface area contributed by atoms with Crippen LogP contribution in [0.5, 0.6) is 0 Å². The Morgan fingerprint density at radius 3 is 3.06 bits per heavy atom. The van der Waals surface area contributed by atoms with Crippen LogP contribution in [0.1, 0.15) is 38.3 Å². The first-order valence-electron chi connectivity index (χ1n) is 6.12. The van der Waals surface area contributed by atoms with Crippen molar-refractivity contribution in [2.75, 3.05) is 5.32 Å². The molecule has 2 atom stereocenters. The molecule has 2 unspecified atom stereocenters. The van der Waals surface area contributed by atoms with Gasteiger partial charge in [0.25, 0.3) is 0 Å². The zero-order valence-electron chi connectivity index (χ0n) is 10.4. The van der Waals surface area contributed by atoms with Gasteiger partial charge in [0.15, 0.2) is 5.82 Å². The smallest absolute Gasteiger partial charge is 0.245 e. The first-order chi connectivity index (χ1) is 7.99. The number of hydrogen-bond donors (Lipinski definition) is 3. The largest absolute Gasteiger partial charge is 0.317 e. The molecule has 1 heterocycles. The molecule has 0 saturated heterocycles. The average molecular weight is 236 g/mol. The molecule has 1 saturated carbocycles. The van der Waals surface area contributed by atoms with E-state index >= 15 is 0 Å². The van der Waals surface area contributed by atoms with Crippen LogP contribution in [-0.4, -0.2) is 21.6 Å². The number of carbonyl (C=O) groups excluding carboxylic acids is 1. The fourth-order valence-electron chi connectivity index (χ4n) is 2.52. The van der Waals surface area contributed by atoms with Crippen LogP contribution in [0.15, 0.2) is 6.07 Å². The number of rotatable bonds is 2. The van der Waals surface area contributed by atoms with E-state index in [4.69, 9.17) is 5.73 Å². The van der Waals surface area contributed by atoms with Crippen LogP contribution in [0.3, 0.4) is 0 Å². The number of aromatic nitrogens is 2. The van der Waals surface area contributed by atoms with Crippen LogP contribution >= 0.6 is 0 Å². The van der Waals surface area contributed by atoms with Crippen molar-refractivity contribution in [3.63, 3.8) is 0 Å². The zero-order valence-corrected chi connectivity index (χ0v) is 10.4. The Kier molecular flexibility index (Phi) is 3.19. The van der Waals surface area contributed by atoms with Crippen molar-refractivity contribution in [2.24, 2.45) is 11.7 Å². The Morgan fingerprint density at radius 2 is 2.47 bits per heavy atom. The molecule has 2 rings (SSSR count). The highest BCUT2D eigenvalue weighted by atomic mass is 16.2. The summed E-state index contributed by atoms with van der Waals surface area (Å²) < 4.78 is 0. The number of carbonyl (C=O) groups is 1. The molecule has 0 radical (unpaired) electrons. The molecule has 4 N–H and O–H groups in total. The van der Waals surface area contributed by atoms with Crippen molar-refractivity contribution in [3.8, 4) is 0 Å². The summed E-state index contributed by atoms with van der Waals surface area (Å²) in [5.74, 6) is 0.950. The highest BCUT2D eigenvalue weighted by Crippen LogP contribution is 2.31. The van der Waals surface area contributed by atoms with Gasteiger partial charge in [0.1, 0.15) is 0 Å². The van der Waals surface area contributed by atoms with Gasteiger partial charge in [0, 0.05) is 11.8 Å². The quantitative estimate of drug-likeness (QED) is 0.728. The molecule has 1 aromatic rings. The van der Waals surface area contributed by atoms with E-state index < -0.39 is 5.54 Å². The van der Waals surface area contributed by atoms with Gasteiger partial charge in [-0.25, -0.2) is 0 Å². The van der Waals surface area contributed by atoms with Gasteiger partial charge in [-0.05, 0) is 25.7 Å². The van der Waals surface area contributed by atoms with E-state index in [1.165, 1.54) is 0 Å². The van der Waals surface area contributed by atoms with Gasteiger partial charge in [0.2, 0.25) is 5.91 Å². The molecule has 1 aromatic heterocycles. The van der Waals surface area contributed by atoms with Gasteiger partial charge in [-0.15, -0.1) is 0 Å². The predicted octanol–water partition coefficient (Wildman–Crippen LogP) is 1.56. The molecule has 1 aliphatic carbocycles. The number of nitrogens with one attached hydrogen (secondary N) is 2. The van der Waals surface area contributed by atoms with E-state index in [0.29, 0.717) is 11.7 Å². The zero-order chi connectivity index (χ0) is 12.5. The monoisotopic (exact) mass is 236 g/mol. The minimum Gasteiger partial charge on any atom is -0.317 e. The molecular weight excluding hydrogens is 216 g/mol. The lowest BCUT2D eigenvalue weighted by molar-refractivity contribution is -0.122. The summed E-state index contributed by atoms with van der Waals surface area (Å²) >= 11 is 0. The second-order valence-corrected chi connectivity index (χ2v) is 5.25. The van der Waals surface area contributed by atoms with Crippen LogP contribution in [-0.2, 0) is 4.79 Å². The molecule has 0 aliphatic heterocycles. The number of hydrogen-bond acceptors (Lipinski definition) is 3. The van der Waals surface area contributed by atoms with E-state index in [1.54, 1.807) is 6.07 Å². The Labute approximate surface area is 101 Å². The molecule has 1 fully saturated rings. The maximum absolute atomic E-state index is 12.2. The highest BCUT2D eigenvalue weighted by Gasteiger charge is 2.38. The molecule has 0 spiro atoms. The lowest BCUT2D eigenvalue weighted by Gasteiger charge is -2.34. The Bertz CT molecular complexity index is 414. The number of aromatic amines is 1. The van der Waals surface area contributed by atoms with Crippen LogP contribution < -0.4 is 11.1 Å². The van der Waals surface area contributed by atoms with Crippen molar-refractivity contribution in [2.45, 2.75) is 45.1 Å². The normalized spacial score (nSPS) is 29.0. The van der Waals surface area contributed by atoms with E-state index in [0.717, 1.165) is 31.4 Å².